The van der Waals surface area contributed by atoms with Crippen molar-refractivity contribution in [2.24, 2.45) is 11.7 Å². The number of nitrogens with two attached hydrogens (primary N) is 1. The Morgan fingerprint density at radius 3 is 2.65 bits per heavy atom. The zero-order valence-corrected chi connectivity index (χ0v) is 13.3. The van der Waals surface area contributed by atoms with Crippen LogP contribution in [-0.4, -0.2) is 24.7 Å². The number of alkyl halides is 3. The summed E-state index contributed by atoms with van der Waals surface area (Å²) in [6.45, 7) is -1.39. The minimum absolute atomic E-state index is 0. The number of para-hydroxylation sites is 2. The maximum Gasteiger partial charge on any atom is 0.422 e. The normalized spacial score (nSPS) is 21.2. The van der Waals surface area contributed by atoms with Gasteiger partial charge in [-0.15, -0.1) is 12.4 Å². The van der Waals surface area contributed by atoms with Gasteiger partial charge in [-0.05, 0) is 31.4 Å². The molecule has 1 saturated carbocycles. The highest BCUT2D eigenvalue weighted by Gasteiger charge is 2.29. The summed E-state index contributed by atoms with van der Waals surface area (Å²) >= 11 is 0. The summed E-state index contributed by atoms with van der Waals surface area (Å²) in [5.41, 5.74) is 6.10. The predicted octanol–water partition coefficient (Wildman–Crippen LogP) is 3.51. The molecule has 0 aromatic heterocycles. The standard InChI is InChI=1S/C15H19F3N2O2.ClH/c16-15(17,18)9-22-13-7-2-1-6-12(13)20-14(21)10-4-3-5-11(19)8-10;/h1-2,6-7,10-11H,3-5,8-9,19H2,(H,20,21);1H. The maximum atomic E-state index is 12.2. The van der Waals surface area contributed by atoms with Gasteiger partial charge in [0.15, 0.2) is 6.61 Å². The molecular weight excluding hydrogens is 333 g/mol. The number of rotatable bonds is 4. The Balaban J connectivity index is 0.00000264. The molecule has 0 heterocycles. The summed E-state index contributed by atoms with van der Waals surface area (Å²) < 4.78 is 41.5. The number of halogens is 4. The summed E-state index contributed by atoms with van der Waals surface area (Å²) in [6.07, 6.45) is -1.31. The van der Waals surface area contributed by atoms with Crippen LogP contribution in [0.15, 0.2) is 24.3 Å². The van der Waals surface area contributed by atoms with Crippen LogP contribution in [0.25, 0.3) is 0 Å². The molecule has 4 nitrogen and oxygen atoms in total. The molecule has 1 aromatic rings. The third kappa shape index (κ3) is 6.27. The zero-order chi connectivity index (χ0) is 16.2. The molecule has 0 radical (unpaired) electrons. The molecule has 1 fully saturated rings. The smallest absolute Gasteiger partial charge is 0.422 e. The third-order valence-electron chi connectivity index (χ3n) is 3.62. The Bertz CT molecular complexity index is 526. The Kier molecular flexibility index (Phi) is 7.15. The number of carbonyl (C=O) groups excluding carboxylic acids is 1. The average molecular weight is 353 g/mol. The molecule has 1 amide bonds. The van der Waals surface area contributed by atoms with Crippen LogP contribution < -0.4 is 15.8 Å². The van der Waals surface area contributed by atoms with E-state index in [1.165, 1.54) is 12.1 Å². The van der Waals surface area contributed by atoms with E-state index in [1.54, 1.807) is 12.1 Å². The first-order chi connectivity index (χ1) is 10.3. The molecule has 8 heteroatoms. The second kappa shape index (κ2) is 8.40. The molecule has 1 aliphatic rings. The van der Waals surface area contributed by atoms with Crippen molar-refractivity contribution in [2.45, 2.75) is 37.9 Å². The molecule has 2 rings (SSSR count). The van der Waals surface area contributed by atoms with Crippen LogP contribution in [-0.2, 0) is 4.79 Å². The topological polar surface area (TPSA) is 64.4 Å². The minimum Gasteiger partial charge on any atom is -0.482 e. The molecule has 0 spiro atoms. The van der Waals surface area contributed by atoms with Crippen LogP contribution in [0.4, 0.5) is 18.9 Å². The van der Waals surface area contributed by atoms with Crippen LogP contribution in [0.2, 0.25) is 0 Å². The van der Waals surface area contributed by atoms with E-state index >= 15 is 0 Å². The summed E-state index contributed by atoms with van der Waals surface area (Å²) in [7, 11) is 0. The van der Waals surface area contributed by atoms with Gasteiger partial charge in [0.2, 0.25) is 5.91 Å². The molecular formula is C15H20ClF3N2O2. The van der Waals surface area contributed by atoms with Crippen molar-refractivity contribution in [1.29, 1.82) is 0 Å². The van der Waals surface area contributed by atoms with E-state index in [9.17, 15) is 18.0 Å². The molecule has 1 aliphatic carbocycles. The number of ether oxygens (including phenoxy) is 1. The highest BCUT2D eigenvalue weighted by molar-refractivity contribution is 5.94. The zero-order valence-electron chi connectivity index (χ0n) is 12.4. The molecule has 0 saturated heterocycles. The van der Waals surface area contributed by atoms with Crippen molar-refractivity contribution in [3.8, 4) is 5.75 Å². The largest absolute Gasteiger partial charge is 0.482 e. The summed E-state index contributed by atoms with van der Waals surface area (Å²) in [4.78, 5) is 12.2. The lowest BCUT2D eigenvalue weighted by atomic mass is 9.85. The maximum absolute atomic E-state index is 12.2. The van der Waals surface area contributed by atoms with Gasteiger partial charge in [0.1, 0.15) is 5.75 Å². The monoisotopic (exact) mass is 352 g/mol. The Morgan fingerprint density at radius 2 is 2.00 bits per heavy atom. The Labute approximate surface area is 139 Å². The highest BCUT2D eigenvalue weighted by Crippen LogP contribution is 2.29. The van der Waals surface area contributed by atoms with Gasteiger partial charge in [-0.25, -0.2) is 0 Å². The van der Waals surface area contributed by atoms with Crippen LogP contribution in [0.1, 0.15) is 25.7 Å². The Hall–Kier alpha value is -1.47. The summed E-state index contributed by atoms with van der Waals surface area (Å²) in [5.74, 6) is -0.425. The van der Waals surface area contributed by atoms with E-state index in [0.717, 1.165) is 19.3 Å². The van der Waals surface area contributed by atoms with Gasteiger partial charge in [0.05, 0.1) is 5.69 Å². The number of carbonyl (C=O) groups is 1. The molecule has 0 bridgehead atoms. The highest BCUT2D eigenvalue weighted by atomic mass is 35.5. The van der Waals surface area contributed by atoms with Crippen molar-refractivity contribution < 1.29 is 22.7 Å². The average Bonchev–Trinajstić information content (AvgIpc) is 2.45. The summed E-state index contributed by atoms with van der Waals surface area (Å²) in [6, 6.07) is 6.10. The lowest BCUT2D eigenvalue weighted by molar-refractivity contribution is -0.153. The fraction of sp³-hybridized carbons (Fsp3) is 0.533. The van der Waals surface area contributed by atoms with Crippen LogP contribution >= 0.6 is 12.4 Å². The van der Waals surface area contributed by atoms with Crippen molar-refractivity contribution in [3.63, 3.8) is 0 Å². The van der Waals surface area contributed by atoms with E-state index in [1.807, 2.05) is 0 Å². The van der Waals surface area contributed by atoms with E-state index in [-0.39, 0.29) is 41.7 Å². The second-order valence-electron chi connectivity index (χ2n) is 5.51. The number of amides is 1. The first-order valence-electron chi connectivity index (χ1n) is 7.20. The van der Waals surface area contributed by atoms with Gasteiger partial charge in [-0.1, -0.05) is 18.6 Å². The summed E-state index contributed by atoms with van der Waals surface area (Å²) in [5, 5.41) is 2.65. The van der Waals surface area contributed by atoms with Gasteiger partial charge in [-0.3, -0.25) is 4.79 Å². The number of nitrogens with one attached hydrogen (secondary N) is 1. The van der Waals surface area contributed by atoms with Crippen molar-refractivity contribution in [3.05, 3.63) is 24.3 Å². The molecule has 0 aliphatic heterocycles. The van der Waals surface area contributed by atoms with Gasteiger partial charge in [-0.2, -0.15) is 13.2 Å². The van der Waals surface area contributed by atoms with E-state index < -0.39 is 12.8 Å². The van der Waals surface area contributed by atoms with Crippen molar-refractivity contribution in [1.82, 2.24) is 0 Å². The lowest BCUT2D eigenvalue weighted by Crippen LogP contribution is -2.34. The third-order valence-corrected chi connectivity index (χ3v) is 3.62. The Morgan fingerprint density at radius 1 is 1.30 bits per heavy atom. The van der Waals surface area contributed by atoms with Gasteiger partial charge in [0, 0.05) is 12.0 Å². The number of hydrogen-bond acceptors (Lipinski definition) is 3. The second-order valence-corrected chi connectivity index (χ2v) is 5.51. The molecule has 130 valence electrons. The molecule has 2 atom stereocenters. The lowest BCUT2D eigenvalue weighted by Gasteiger charge is -2.26. The number of benzene rings is 1. The molecule has 3 N–H and O–H groups in total. The van der Waals surface area contributed by atoms with Gasteiger partial charge in [0.25, 0.3) is 0 Å². The van der Waals surface area contributed by atoms with E-state index in [4.69, 9.17) is 10.5 Å². The molecule has 23 heavy (non-hydrogen) atoms. The van der Waals surface area contributed by atoms with Crippen LogP contribution in [0.3, 0.4) is 0 Å². The van der Waals surface area contributed by atoms with Crippen LogP contribution in [0, 0.1) is 5.92 Å². The minimum atomic E-state index is -4.42. The number of hydrogen-bond donors (Lipinski definition) is 2. The van der Waals surface area contributed by atoms with Crippen molar-refractivity contribution in [2.75, 3.05) is 11.9 Å². The van der Waals surface area contributed by atoms with Crippen LogP contribution in [0.5, 0.6) is 5.75 Å². The molecule has 1 aromatic carbocycles. The van der Waals surface area contributed by atoms with Gasteiger partial charge < -0.3 is 15.8 Å². The number of anilines is 1. The fourth-order valence-corrected chi connectivity index (χ4v) is 2.56. The molecule has 2 unspecified atom stereocenters. The van der Waals surface area contributed by atoms with E-state index in [0.29, 0.717) is 6.42 Å². The quantitative estimate of drug-likeness (QED) is 0.871. The van der Waals surface area contributed by atoms with Gasteiger partial charge >= 0.3 is 6.18 Å². The van der Waals surface area contributed by atoms with Crippen molar-refractivity contribution >= 4 is 24.0 Å². The predicted molar refractivity (Wildman–Crippen MR) is 83.8 cm³/mol. The van der Waals surface area contributed by atoms with E-state index in [2.05, 4.69) is 5.32 Å². The first kappa shape index (κ1) is 19.6. The first-order valence-corrected chi connectivity index (χ1v) is 7.20. The fourth-order valence-electron chi connectivity index (χ4n) is 2.56. The SMILES string of the molecule is Cl.NC1CCCC(C(=O)Nc2ccccc2OCC(F)(F)F)C1.